The summed E-state index contributed by atoms with van der Waals surface area (Å²) >= 11 is 0. The SMILES string of the molecule is CC(C)(C)OC(=O)NC1CCCCC1CB1OC(C)(C)C(C)(C)O1. The molecule has 0 spiro atoms. The molecule has 2 fully saturated rings. The van der Waals surface area contributed by atoms with Crippen molar-refractivity contribution >= 4 is 13.2 Å². The fraction of sp³-hybridized carbons (Fsp3) is 0.944. The first-order chi connectivity index (χ1) is 10.9. The number of nitrogens with one attached hydrogen (secondary N) is 1. The second-order valence-corrected chi connectivity index (χ2v) is 9.22. The van der Waals surface area contributed by atoms with E-state index in [-0.39, 0.29) is 30.5 Å². The normalized spacial score (nSPS) is 29.4. The van der Waals surface area contributed by atoms with E-state index in [1.54, 1.807) is 0 Å². The largest absolute Gasteiger partial charge is 0.458 e. The minimum absolute atomic E-state index is 0.132. The highest BCUT2D eigenvalue weighted by molar-refractivity contribution is 6.45. The van der Waals surface area contributed by atoms with Crippen molar-refractivity contribution in [3.63, 3.8) is 0 Å². The van der Waals surface area contributed by atoms with E-state index in [0.717, 1.165) is 25.6 Å². The summed E-state index contributed by atoms with van der Waals surface area (Å²) in [6.07, 6.45) is 4.89. The van der Waals surface area contributed by atoms with Crippen LogP contribution < -0.4 is 5.32 Å². The van der Waals surface area contributed by atoms with Gasteiger partial charge in [-0.3, -0.25) is 0 Å². The monoisotopic (exact) mass is 339 g/mol. The summed E-state index contributed by atoms with van der Waals surface area (Å²) in [5.74, 6) is 0.362. The molecule has 0 radical (unpaired) electrons. The number of carbonyl (C=O) groups excluding carboxylic acids is 1. The van der Waals surface area contributed by atoms with E-state index in [1.807, 2.05) is 20.8 Å². The van der Waals surface area contributed by atoms with Crippen LogP contribution in [0.4, 0.5) is 4.79 Å². The highest BCUT2D eigenvalue weighted by Gasteiger charge is 2.51. The maximum Gasteiger partial charge on any atom is 0.458 e. The summed E-state index contributed by atoms with van der Waals surface area (Å²) in [5, 5.41) is 3.07. The second kappa shape index (κ2) is 6.87. The molecular formula is C18H34BNO4. The standard InChI is InChI=1S/C18H34BNO4/c1-16(2,3)22-15(21)20-14-11-9-8-10-13(14)12-19-23-17(4,5)18(6,7)24-19/h13-14H,8-12H2,1-7H3,(H,20,21). The minimum atomic E-state index is -0.472. The molecule has 2 atom stereocenters. The summed E-state index contributed by atoms with van der Waals surface area (Å²) in [6, 6.07) is 0.132. The van der Waals surface area contributed by atoms with Crippen LogP contribution in [0.15, 0.2) is 0 Å². The van der Waals surface area contributed by atoms with Crippen molar-refractivity contribution in [2.45, 2.75) is 103 Å². The second-order valence-electron chi connectivity index (χ2n) is 9.22. The fourth-order valence-electron chi connectivity index (χ4n) is 3.45. The lowest BCUT2D eigenvalue weighted by atomic mass is 9.70. The van der Waals surface area contributed by atoms with Gasteiger partial charge in [-0.15, -0.1) is 0 Å². The van der Waals surface area contributed by atoms with Gasteiger partial charge in [0.05, 0.1) is 11.2 Å². The smallest absolute Gasteiger partial charge is 0.444 e. The number of hydrogen-bond acceptors (Lipinski definition) is 4. The molecule has 1 N–H and O–H groups in total. The molecule has 1 amide bonds. The van der Waals surface area contributed by atoms with E-state index < -0.39 is 5.60 Å². The molecule has 0 aromatic carbocycles. The van der Waals surface area contributed by atoms with Crippen LogP contribution in [0.25, 0.3) is 0 Å². The van der Waals surface area contributed by atoms with Crippen LogP contribution in [-0.2, 0) is 14.0 Å². The predicted molar refractivity (Wildman–Crippen MR) is 96.0 cm³/mol. The molecule has 0 aromatic rings. The molecule has 2 rings (SSSR count). The topological polar surface area (TPSA) is 56.8 Å². The summed E-state index contributed by atoms with van der Waals surface area (Å²) in [4.78, 5) is 12.1. The van der Waals surface area contributed by atoms with Gasteiger partial charge < -0.3 is 19.4 Å². The number of amides is 1. The van der Waals surface area contributed by atoms with Gasteiger partial charge in [0, 0.05) is 6.04 Å². The van der Waals surface area contributed by atoms with E-state index in [1.165, 1.54) is 6.42 Å². The zero-order valence-electron chi connectivity index (χ0n) is 16.4. The number of hydrogen-bond donors (Lipinski definition) is 1. The molecule has 24 heavy (non-hydrogen) atoms. The van der Waals surface area contributed by atoms with Gasteiger partial charge in [0.1, 0.15) is 5.60 Å². The number of carbonyl (C=O) groups is 1. The Morgan fingerprint density at radius 2 is 1.67 bits per heavy atom. The highest BCUT2D eigenvalue weighted by atomic mass is 16.7. The van der Waals surface area contributed by atoms with Crippen LogP contribution in [0.3, 0.4) is 0 Å². The van der Waals surface area contributed by atoms with Crippen LogP contribution in [0, 0.1) is 5.92 Å². The van der Waals surface area contributed by atoms with Crippen molar-refractivity contribution in [2.75, 3.05) is 0 Å². The Morgan fingerprint density at radius 1 is 1.12 bits per heavy atom. The van der Waals surface area contributed by atoms with Crippen LogP contribution in [0.5, 0.6) is 0 Å². The fourth-order valence-corrected chi connectivity index (χ4v) is 3.45. The third-order valence-corrected chi connectivity index (χ3v) is 5.41. The van der Waals surface area contributed by atoms with Crippen molar-refractivity contribution in [3.05, 3.63) is 0 Å². The molecule has 6 heteroatoms. The summed E-state index contributed by atoms with van der Waals surface area (Å²) < 4.78 is 17.7. The van der Waals surface area contributed by atoms with Crippen molar-refractivity contribution in [3.8, 4) is 0 Å². The molecular weight excluding hydrogens is 305 g/mol. The quantitative estimate of drug-likeness (QED) is 0.785. The number of rotatable bonds is 3. The predicted octanol–water partition coefficient (Wildman–Crippen LogP) is 4.16. The molecule has 2 unspecified atom stereocenters. The van der Waals surface area contributed by atoms with Crippen LogP contribution in [-0.4, -0.2) is 36.1 Å². The van der Waals surface area contributed by atoms with E-state index in [4.69, 9.17) is 14.0 Å². The molecule has 1 heterocycles. The first-order valence-corrected chi connectivity index (χ1v) is 9.25. The zero-order valence-corrected chi connectivity index (χ0v) is 16.4. The van der Waals surface area contributed by atoms with Crippen molar-refractivity contribution in [1.82, 2.24) is 5.32 Å². The average molecular weight is 339 g/mol. The Hall–Kier alpha value is -0.745. The lowest BCUT2D eigenvalue weighted by molar-refractivity contribution is 0.00578. The van der Waals surface area contributed by atoms with Gasteiger partial charge in [0.15, 0.2) is 0 Å². The Bertz CT molecular complexity index is 442. The minimum Gasteiger partial charge on any atom is -0.444 e. The van der Waals surface area contributed by atoms with Gasteiger partial charge in [-0.25, -0.2) is 4.79 Å². The Morgan fingerprint density at radius 3 is 2.21 bits per heavy atom. The molecule has 0 aromatic heterocycles. The Balaban J connectivity index is 1.94. The van der Waals surface area contributed by atoms with Crippen LogP contribution >= 0.6 is 0 Å². The van der Waals surface area contributed by atoms with E-state index in [0.29, 0.717) is 5.92 Å². The number of alkyl carbamates (subject to hydrolysis) is 1. The van der Waals surface area contributed by atoms with Gasteiger partial charge in [0.2, 0.25) is 0 Å². The van der Waals surface area contributed by atoms with Crippen molar-refractivity contribution in [1.29, 1.82) is 0 Å². The highest BCUT2D eigenvalue weighted by Crippen LogP contribution is 2.40. The first-order valence-electron chi connectivity index (χ1n) is 9.25. The van der Waals surface area contributed by atoms with E-state index >= 15 is 0 Å². The van der Waals surface area contributed by atoms with Crippen molar-refractivity contribution in [2.24, 2.45) is 5.92 Å². The molecule has 2 aliphatic rings. The van der Waals surface area contributed by atoms with Crippen LogP contribution in [0.2, 0.25) is 6.32 Å². The molecule has 138 valence electrons. The Labute approximate surface area is 147 Å². The zero-order chi connectivity index (χ0) is 18.2. The molecule has 5 nitrogen and oxygen atoms in total. The van der Waals surface area contributed by atoms with Gasteiger partial charge in [0.25, 0.3) is 0 Å². The maximum atomic E-state index is 12.1. The lowest BCUT2D eigenvalue weighted by Gasteiger charge is -2.33. The average Bonchev–Trinajstić information content (AvgIpc) is 2.57. The van der Waals surface area contributed by atoms with Crippen molar-refractivity contribution < 1.29 is 18.8 Å². The maximum absolute atomic E-state index is 12.1. The molecule has 1 saturated carbocycles. The summed E-state index contributed by atoms with van der Waals surface area (Å²) in [5.41, 5.74) is -1.08. The number of ether oxygens (including phenoxy) is 1. The van der Waals surface area contributed by atoms with Gasteiger partial charge in [-0.1, -0.05) is 12.8 Å². The summed E-state index contributed by atoms with van der Waals surface area (Å²) in [7, 11) is -0.207. The van der Waals surface area contributed by atoms with Gasteiger partial charge in [-0.05, 0) is 73.5 Å². The molecule has 0 bridgehead atoms. The Kier molecular flexibility index (Phi) is 5.60. The third kappa shape index (κ3) is 4.88. The summed E-state index contributed by atoms with van der Waals surface area (Å²) in [6.45, 7) is 13.9. The molecule has 1 aliphatic carbocycles. The molecule has 1 aliphatic heterocycles. The lowest BCUT2D eigenvalue weighted by Crippen LogP contribution is -2.45. The molecule has 1 saturated heterocycles. The van der Waals surface area contributed by atoms with Gasteiger partial charge in [-0.2, -0.15) is 0 Å². The third-order valence-electron chi connectivity index (χ3n) is 5.41. The first kappa shape index (κ1) is 19.6. The van der Waals surface area contributed by atoms with Crippen LogP contribution in [0.1, 0.15) is 74.1 Å². The van der Waals surface area contributed by atoms with E-state index in [9.17, 15) is 4.79 Å². The van der Waals surface area contributed by atoms with Gasteiger partial charge >= 0.3 is 13.2 Å². The van der Waals surface area contributed by atoms with E-state index in [2.05, 4.69) is 33.0 Å².